The molecule has 0 aliphatic carbocycles. The van der Waals surface area contributed by atoms with E-state index in [0.29, 0.717) is 13.8 Å². The second-order valence-corrected chi connectivity index (χ2v) is 4.73. The van der Waals surface area contributed by atoms with Gasteiger partial charge in [0.15, 0.2) is 34.8 Å². The molecule has 1 unspecified atom stereocenters. The summed E-state index contributed by atoms with van der Waals surface area (Å²) in [5.74, 6) is -3.93. The number of aliphatic hydroxyl groups is 5. The number of hydrogen-bond acceptors (Lipinski definition) is 9. The van der Waals surface area contributed by atoms with Crippen molar-refractivity contribution in [3.63, 3.8) is 0 Å². The zero-order valence-electron chi connectivity index (χ0n) is 11.7. The van der Waals surface area contributed by atoms with Gasteiger partial charge in [0, 0.05) is 0 Å². The van der Waals surface area contributed by atoms with Crippen molar-refractivity contribution in [3.05, 3.63) is 0 Å². The van der Waals surface area contributed by atoms with Crippen molar-refractivity contribution in [1.29, 1.82) is 0 Å². The highest BCUT2D eigenvalue weighted by molar-refractivity contribution is 6.01. The average molecular weight is 306 g/mol. The number of aldehydes is 1. The molecule has 0 aliphatic rings. The van der Waals surface area contributed by atoms with Gasteiger partial charge < -0.3 is 30.3 Å². The van der Waals surface area contributed by atoms with Crippen molar-refractivity contribution in [1.82, 2.24) is 0 Å². The minimum Gasteiger partial charge on any atom is -0.386 e. The van der Waals surface area contributed by atoms with E-state index in [-0.39, 0.29) is 6.29 Å². The molecule has 9 nitrogen and oxygen atoms in total. The van der Waals surface area contributed by atoms with Crippen molar-refractivity contribution < 1.29 is 44.7 Å². The van der Waals surface area contributed by atoms with Gasteiger partial charge >= 0.3 is 0 Å². The van der Waals surface area contributed by atoms with E-state index in [1.807, 2.05) is 0 Å². The quantitative estimate of drug-likeness (QED) is 0.285. The predicted octanol–water partition coefficient (Wildman–Crippen LogP) is -3.50. The molecule has 0 bridgehead atoms. The smallest absolute Gasteiger partial charge is 0.194 e. The maximum atomic E-state index is 11.6. The molecule has 5 atom stereocenters. The first-order valence-corrected chi connectivity index (χ1v) is 5.85. The Balaban J connectivity index is 6.29. The second-order valence-electron chi connectivity index (χ2n) is 4.73. The third-order valence-electron chi connectivity index (χ3n) is 3.36. The summed E-state index contributed by atoms with van der Waals surface area (Å²) in [6.07, 6.45) is -7.88. The van der Waals surface area contributed by atoms with E-state index in [0.717, 1.165) is 6.92 Å². The van der Waals surface area contributed by atoms with Gasteiger partial charge in [0.05, 0.1) is 0 Å². The Bertz CT molecular complexity index is 460. The summed E-state index contributed by atoms with van der Waals surface area (Å²) in [6.45, 7) is 2.10. The summed E-state index contributed by atoms with van der Waals surface area (Å²) < 4.78 is 0. The highest BCUT2D eigenvalue weighted by Crippen LogP contribution is 2.33. The van der Waals surface area contributed by atoms with Crippen LogP contribution in [0.25, 0.3) is 0 Å². The number of carbonyl (C=O) groups is 4. The fourth-order valence-corrected chi connectivity index (χ4v) is 1.95. The summed E-state index contributed by atoms with van der Waals surface area (Å²) in [7, 11) is 0. The van der Waals surface area contributed by atoms with E-state index in [1.54, 1.807) is 0 Å². The van der Waals surface area contributed by atoms with Gasteiger partial charge in [0.2, 0.25) is 0 Å². The van der Waals surface area contributed by atoms with Crippen LogP contribution in [-0.4, -0.2) is 78.7 Å². The average Bonchev–Trinajstić information content (AvgIpc) is 2.41. The first-order chi connectivity index (χ1) is 9.38. The number of Topliss-reactive ketones (excluding diaryl/α,β-unsaturated/α-hetero) is 3. The maximum Gasteiger partial charge on any atom is 0.194 e. The van der Waals surface area contributed by atoms with Crippen LogP contribution in [0.3, 0.4) is 0 Å². The molecule has 0 aliphatic heterocycles. The Labute approximate surface area is 119 Å². The Kier molecular flexibility index (Phi) is 6.03. The summed E-state index contributed by atoms with van der Waals surface area (Å²) in [6, 6.07) is 0. The fourth-order valence-electron chi connectivity index (χ4n) is 1.95. The first kappa shape index (κ1) is 19.5. The lowest BCUT2D eigenvalue weighted by Gasteiger charge is -2.44. The lowest BCUT2D eigenvalue weighted by atomic mass is 9.69. The van der Waals surface area contributed by atoms with Crippen LogP contribution in [0.15, 0.2) is 0 Å². The normalized spacial score (nSPS) is 21.3. The van der Waals surface area contributed by atoms with Gasteiger partial charge in [-0.15, -0.1) is 0 Å². The number of aliphatic hydroxyl groups excluding tert-OH is 3. The van der Waals surface area contributed by atoms with E-state index in [4.69, 9.17) is 0 Å². The van der Waals surface area contributed by atoms with E-state index < -0.39 is 46.9 Å². The van der Waals surface area contributed by atoms with Crippen LogP contribution in [-0.2, 0) is 19.2 Å². The molecular formula is C12H18O9. The number of carbonyl (C=O) groups excluding carboxylic acids is 4. The minimum absolute atomic E-state index is 0.331. The number of ketones is 3. The molecular weight excluding hydrogens is 288 g/mol. The lowest BCUT2D eigenvalue weighted by molar-refractivity contribution is -0.232. The first-order valence-electron chi connectivity index (χ1n) is 5.85. The molecule has 9 heteroatoms. The molecule has 0 aromatic carbocycles. The highest BCUT2D eigenvalue weighted by atomic mass is 16.4. The summed E-state index contributed by atoms with van der Waals surface area (Å²) in [5, 5.41) is 49.2. The van der Waals surface area contributed by atoms with Crippen LogP contribution in [0.5, 0.6) is 0 Å². The van der Waals surface area contributed by atoms with E-state index in [2.05, 4.69) is 0 Å². The number of hydrogen-bond donors (Lipinski definition) is 5. The Hall–Kier alpha value is -1.52. The van der Waals surface area contributed by atoms with Crippen LogP contribution in [0.4, 0.5) is 0 Å². The fraction of sp³-hybridized carbons (Fsp3) is 0.667. The van der Waals surface area contributed by atoms with E-state index in [1.165, 1.54) is 0 Å². The number of rotatable bonds is 8. The van der Waals surface area contributed by atoms with Crippen LogP contribution < -0.4 is 0 Å². The lowest BCUT2D eigenvalue weighted by Crippen LogP contribution is -2.75. The summed E-state index contributed by atoms with van der Waals surface area (Å²) >= 11 is 0. The van der Waals surface area contributed by atoms with Crippen molar-refractivity contribution in [2.75, 3.05) is 0 Å². The topological polar surface area (TPSA) is 169 Å². The van der Waals surface area contributed by atoms with Gasteiger partial charge in [-0.05, 0) is 20.8 Å². The molecule has 5 N–H and O–H groups in total. The monoisotopic (exact) mass is 306 g/mol. The van der Waals surface area contributed by atoms with Crippen molar-refractivity contribution >= 4 is 23.6 Å². The molecule has 0 amide bonds. The minimum atomic E-state index is -3.47. The molecule has 0 radical (unpaired) electrons. The molecule has 21 heavy (non-hydrogen) atoms. The summed E-state index contributed by atoms with van der Waals surface area (Å²) in [4.78, 5) is 44.9. The Morgan fingerprint density at radius 1 is 0.905 bits per heavy atom. The predicted molar refractivity (Wildman–Crippen MR) is 66.0 cm³/mol. The molecule has 0 rings (SSSR count). The van der Waals surface area contributed by atoms with Crippen LogP contribution >= 0.6 is 0 Å². The summed E-state index contributed by atoms with van der Waals surface area (Å²) in [5.41, 5.74) is -6.90. The third kappa shape index (κ3) is 2.92. The third-order valence-corrected chi connectivity index (χ3v) is 3.36. The van der Waals surface area contributed by atoms with Crippen LogP contribution in [0, 0.1) is 0 Å². The van der Waals surface area contributed by atoms with E-state index in [9.17, 15) is 44.7 Å². The Morgan fingerprint density at radius 2 is 1.29 bits per heavy atom. The molecule has 0 fully saturated rings. The molecule has 0 aromatic heterocycles. The van der Waals surface area contributed by atoms with Crippen molar-refractivity contribution in [3.8, 4) is 0 Å². The molecule has 0 heterocycles. The van der Waals surface area contributed by atoms with Gasteiger partial charge in [-0.3, -0.25) is 14.4 Å². The van der Waals surface area contributed by atoms with Crippen molar-refractivity contribution in [2.24, 2.45) is 0 Å². The molecule has 0 saturated carbocycles. The van der Waals surface area contributed by atoms with Gasteiger partial charge in [0.25, 0.3) is 0 Å². The van der Waals surface area contributed by atoms with Gasteiger partial charge in [-0.2, -0.15) is 0 Å². The van der Waals surface area contributed by atoms with Gasteiger partial charge in [-0.25, -0.2) is 0 Å². The maximum absolute atomic E-state index is 11.6. The molecule has 0 spiro atoms. The molecule has 0 saturated heterocycles. The largest absolute Gasteiger partial charge is 0.386 e. The van der Waals surface area contributed by atoms with Gasteiger partial charge in [-0.1, -0.05) is 0 Å². The zero-order valence-corrected chi connectivity index (χ0v) is 11.7. The van der Waals surface area contributed by atoms with Crippen molar-refractivity contribution in [2.45, 2.75) is 50.3 Å². The zero-order chi connectivity index (χ0) is 17.2. The van der Waals surface area contributed by atoms with Crippen LogP contribution in [0.2, 0.25) is 0 Å². The SMILES string of the molecule is CC(=O)C(O)[C@@H](O)[C@@](O)(C(C)=O)[C@@](O)(C(C)=O)[C@@H](O)C=O. The second kappa shape index (κ2) is 6.50. The molecule has 120 valence electrons. The van der Waals surface area contributed by atoms with Gasteiger partial charge in [0.1, 0.15) is 18.3 Å². The van der Waals surface area contributed by atoms with Crippen LogP contribution in [0.1, 0.15) is 20.8 Å². The standard InChI is InChI=1S/C12H18O9/c1-5(14)9(18)10(19)12(21,7(3)16)11(20,6(2)15)8(17)4-13/h4,8-10,17-21H,1-3H3/t8-,9?,10+,11+,12-/m0/s1. The molecule has 0 aromatic rings. The van der Waals surface area contributed by atoms with E-state index >= 15 is 0 Å². The highest BCUT2D eigenvalue weighted by Gasteiger charge is 2.65. The Morgan fingerprint density at radius 3 is 1.52 bits per heavy atom.